The number of anilines is 1. The molecule has 0 radical (unpaired) electrons. The number of H-pyrrole nitrogens is 1. The lowest BCUT2D eigenvalue weighted by Gasteiger charge is -2.18. The Morgan fingerprint density at radius 1 is 1.19 bits per heavy atom. The van der Waals surface area contributed by atoms with E-state index in [1.165, 1.54) is 5.56 Å². The highest BCUT2D eigenvalue weighted by Gasteiger charge is 2.17. The molecule has 142 valence electrons. The van der Waals surface area contributed by atoms with Crippen molar-refractivity contribution in [1.82, 2.24) is 9.97 Å². The van der Waals surface area contributed by atoms with Gasteiger partial charge in [0.05, 0.1) is 6.61 Å². The molecule has 2 N–H and O–H groups in total. The van der Waals surface area contributed by atoms with E-state index in [1.807, 2.05) is 12.1 Å². The fraction of sp³-hybridized carbons (Fsp3) is 0.333. The smallest absolute Gasteiger partial charge is 0.272 e. The second kappa shape index (κ2) is 7.80. The number of methoxy groups -OCH3 is 1. The number of carbonyl (C=O) groups is 1. The summed E-state index contributed by atoms with van der Waals surface area (Å²) in [4.78, 5) is 20.1. The summed E-state index contributed by atoms with van der Waals surface area (Å²) in [7, 11) is 1.60. The van der Waals surface area contributed by atoms with Gasteiger partial charge in [-0.3, -0.25) is 4.79 Å². The Kier molecular flexibility index (Phi) is 5.46. The summed E-state index contributed by atoms with van der Waals surface area (Å²) in [5, 5.41) is 3.86. The second-order valence-electron chi connectivity index (χ2n) is 7.39. The summed E-state index contributed by atoms with van der Waals surface area (Å²) in [5.41, 5.74) is 3.21. The monoisotopic (exact) mass is 367 g/mol. The third-order valence-corrected chi connectivity index (χ3v) is 4.28. The number of pyridine rings is 1. The molecule has 0 unspecified atom stereocenters. The molecule has 0 spiro atoms. The molecule has 0 atom stereocenters. The van der Waals surface area contributed by atoms with Gasteiger partial charge in [-0.2, -0.15) is 0 Å². The van der Waals surface area contributed by atoms with Gasteiger partial charge in [0, 0.05) is 24.2 Å². The maximum atomic E-state index is 12.7. The van der Waals surface area contributed by atoms with Crippen LogP contribution in [0.25, 0.3) is 10.9 Å². The predicted octanol–water partition coefficient (Wildman–Crippen LogP) is 4.14. The van der Waals surface area contributed by atoms with Gasteiger partial charge in [0.2, 0.25) is 5.88 Å². The van der Waals surface area contributed by atoms with Crippen LogP contribution in [0.15, 0.2) is 42.6 Å². The molecular formula is C21H25N3O3. The summed E-state index contributed by atoms with van der Waals surface area (Å²) in [5.74, 6) is 0.127. The Hall–Kier alpha value is -2.86. The molecule has 6 heteroatoms. The molecule has 0 fully saturated rings. The SMILES string of the molecule is COCCOc1ncccc1NC(=O)c1cc2ccc(C(C)(C)C)cc2[nH]1. The first-order valence-corrected chi connectivity index (χ1v) is 8.90. The van der Waals surface area contributed by atoms with Crippen LogP contribution in [-0.4, -0.2) is 36.2 Å². The van der Waals surface area contributed by atoms with E-state index in [-0.39, 0.29) is 11.3 Å². The van der Waals surface area contributed by atoms with E-state index in [2.05, 4.69) is 48.2 Å². The van der Waals surface area contributed by atoms with Crippen molar-refractivity contribution >= 4 is 22.5 Å². The van der Waals surface area contributed by atoms with Crippen LogP contribution < -0.4 is 10.1 Å². The number of aromatic nitrogens is 2. The molecule has 1 amide bonds. The molecule has 0 aliphatic rings. The molecule has 1 aromatic carbocycles. The van der Waals surface area contributed by atoms with Crippen LogP contribution in [0.3, 0.4) is 0 Å². The van der Waals surface area contributed by atoms with Crippen LogP contribution in [-0.2, 0) is 10.2 Å². The molecule has 3 rings (SSSR count). The third-order valence-electron chi connectivity index (χ3n) is 4.28. The van der Waals surface area contributed by atoms with Crippen molar-refractivity contribution in [2.24, 2.45) is 0 Å². The standard InChI is InChI=1S/C21H25N3O3/c1-21(2,3)15-8-7-14-12-18(23-17(14)13-15)19(25)24-16-6-5-9-22-20(16)27-11-10-26-4/h5-9,12-13,23H,10-11H2,1-4H3,(H,24,25). The average molecular weight is 367 g/mol. The predicted molar refractivity (Wildman–Crippen MR) is 107 cm³/mol. The highest BCUT2D eigenvalue weighted by Crippen LogP contribution is 2.27. The zero-order chi connectivity index (χ0) is 19.4. The number of fused-ring (bicyclic) bond motifs is 1. The fourth-order valence-corrected chi connectivity index (χ4v) is 2.73. The van der Waals surface area contributed by atoms with Crippen LogP contribution >= 0.6 is 0 Å². The van der Waals surface area contributed by atoms with Gasteiger partial charge in [-0.05, 0) is 35.2 Å². The summed E-state index contributed by atoms with van der Waals surface area (Å²) in [6.45, 7) is 7.30. The Bertz CT molecular complexity index is 941. The number of nitrogens with zero attached hydrogens (tertiary/aromatic N) is 1. The molecule has 0 bridgehead atoms. The van der Waals surface area contributed by atoms with Crippen LogP contribution in [0.1, 0.15) is 36.8 Å². The lowest BCUT2D eigenvalue weighted by molar-refractivity contribution is 0.102. The van der Waals surface area contributed by atoms with Crippen LogP contribution in [0.2, 0.25) is 0 Å². The number of amides is 1. The van der Waals surface area contributed by atoms with Crippen LogP contribution in [0, 0.1) is 0 Å². The quantitative estimate of drug-likeness (QED) is 0.642. The van der Waals surface area contributed by atoms with Crippen molar-refractivity contribution in [3.05, 3.63) is 53.9 Å². The van der Waals surface area contributed by atoms with Crippen molar-refractivity contribution in [2.75, 3.05) is 25.6 Å². The summed E-state index contributed by atoms with van der Waals surface area (Å²) < 4.78 is 10.5. The lowest BCUT2D eigenvalue weighted by atomic mass is 9.87. The number of rotatable bonds is 6. The number of nitrogens with one attached hydrogen (secondary N) is 2. The Labute approximate surface area is 158 Å². The molecule has 0 aliphatic heterocycles. The third kappa shape index (κ3) is 4.46. The first-order chi connectivity index (χ1) is 12.9. The molecule has 0 aliphatic carbocycles. The second-order valence-corrected chi connectivity index (χ2v) is 7.39. The molecular weight excluding hydrogens is 342 g/mol. The zero-order valence-corrected chi connectivity index (χ0v) is 16.1. The van der Waals surface area contributed by atoms with Crippen molar-refractivity contribution in [3.8, 4) is 5.88 Å². The van der Waals surface area contributed by atoms with Gasteiger partial charge in [-0.25, -0.2) is 4.98 Å². The van der Waals surface area contributed by atoms with E-state index in [0.29, 0.717) is 30.5 Å². The minimum Gasteiger partial charge on any atom is -0.474 e. The first kappa shape index (κ1) is 18.9. The number of benzene rings is 1. The van der Waals surface area contributed by atoms with Gasteiger partial charge in [-0.1, -0.05) is 32.9 Å². The summed E-state index contributed by atoms with van der Waals surface area (Å²) in [6.07, 6.45) is 1.62. The van der Waals surface area contributed by atoms with Crippen molar-refractivity contribution in [1.29, 1.82) is 0 Å². The highest BCUT2D eigenvalue weighted by molar-refractivity contribution is 6.06. The lowest BCUT2D eigenvalue weighted by Crippen LogP contribution is -2.14. The van der Waals surface area contributed by atoms with E-state index in [9.17, 15) is 4.79 Å². The average Bonchev–Trinajstić information content (AvgIpc) is 3.06. The number of hydrogen-bond acceptors (Lipinski definition) is 4. The van der Waals surface area contributed by atoms with Crippen molar-refractivity contribution in [3.63, 3.8) is 0 Å². The van der Waals surface area contributed by atoms with E-state index in [1.54, 1.807) is 25.4 Å². The molecule has 0 saturated carbocycles. The number of ether oxygens (including phenoxy) is 2. The summed E-state index contributed by atoms with van der Waals surface area (Å²) >= 11 is 0. The number of hydrogen-bond donors (Lipinski definition) is 2. The maximum Gasteiger partial charge on any atom is 0.272 e. The normalized spacial score (nSPS) is 11.6. The highest BCUT2D eigenvalue weighted by atomic mass is 16.5. The molecule has 3 aromatic rings. The molecule has 2 aromatic heterocycles. The minimum atomic E-state index is -0.242. The fourth-order valence-electron chi connectivity index (χ4n) is 2.73. The summed E-state index contributed by atoms with van der Waals surface area (Å²) in [6, 6.07) is 11.6. The van der Waals surface area contributed by atoms with E-state index in [4.69, 9.17) is 9.47 Å². The van der Waals surface area contributed by atoms with Crippen LogP contribution in [0.5, 0.6) is 5.88 Å². The van der Waals surface area contributed by atoms with Gasteiger partial charge in [0.25, 0.3) is 5.91 Å². The van der Waals surface area contributed by atoms with Gasteiger partial charge in [-0.15, -0.1) is 0 Å². The topological polar surface area (TPSA) is 76.2 Å². The van der Waals surface area contributed by atoms with E-state index < -0.39 is 0 Å². The van der Waals surface area contributed by atoms with E-state index in [0.717, 1.165) is 10.9 Å². The largest absolute Gasteiger partial charge is 0.474 e. The molecule has 6 nitrogen and oxygen atoms in total. The number of aromatic amines is 1. The minimum absolute atomic E-state index is 0.0475. The van der Waals surface area contributed by atoms with Gasteiger partial charge < -0.3 is 19.8 Å². The molecule has 27 heavy (non-hydrogen) atoms. The zero-order valence-electron chi connectivity index (χ0n) is 16.1. The number of carbonyl (C=O) groups excluding carboxylic acids is 1. The Balaban J connectivity index is 1.80. The van der Waals surface area contributed by atoms with Gasteiger partial charge >= 0.3 is 0 Å². The maximum absolute atomic E-state index is 12.7. The Morgan fingerprint density at radius 3 is 2.74 bits per heavy atom. The molecule has 2 heterocycles. The van der Waals surface area contributed by atoms with Gasteiger partial charge in [0.15, 0.2) is 0 Å². The molecule has 0 saturated heterocycles. The van der Waals surface area contributed by atoms with Crippen molar-refractivity contribution in [2.45, 2.75) is 26.2 Å². The van der Waals surface area contributed by atoms with Gasteiger partial charge in [0.1, 0.15) is 18.0 Å². The van der Waals surface area contributed by atoms with Crippen molar-refractivity contribution < 1.29 is 14.3 Å². The Morgan fingerprint density at radius 2 is 2.00 bits per heavy atom. The first-order valence-electron chi connectivity index (χ1n) is 8.90. The van der Waals surface area contributed by atoms with E-state index >= 15 is 0 Å². The van der Waals surface area contributed by atoms with Crippen LogP contribution in [0.4, 0.5) is 5.69 Å².